The zero-order chi connectivity index (χ0) is 20.4. The molecular formula is C22H21N3O4. The number of hydrogen-bond acceptors (Lipinski definition) is 6. The molecule has 4 rings (SSSR count). The molecule has 0 N–H and O–H groups in total. The number of carbonyl (C=O) groups excluding carboxylic acids is 1. The van der Waals surface area contributed by atoms with Crippen molar-refractivity contribution in [1.29, 1.82) is 0 Å². The number of nitro groups is 1. The third-order valence-electron chi connectivity index (χ3n) is 5.35. The van der Waals surface area contributed by atoms with Gasteiger partial charge in [-0.25, -0.2) is 9.78 Å². The van der Waals surface area contributed by atoms with E-state index < -0.39 is 11.0 Å². The predicted octanol–water partition coefficient (Wildman–Crippen LogP) is 4.07. The van der Waals surface area contributed by atoms with E-state index in [1.807, 2.05) is 35.2 Å². The Balaban J connectivity index is 1.80. The molecule has 7 heteroatoms. The number of carbonyl (C=O) groups is 1. The van der Waals surface area contributed by atoms with Gasteiger partial charge in [0.05, 0.1) is 16.9 Å². The third-order valence-corrected chi connectivity index (χ3v) is 5.35. The van der Waals surface area contributed by atoms with Gasteiger partial charge in [0.2, 0.25) is 0 Å². The van der Waals surface area contributed by atoms with Crippen molar-refractivity contribution in [1.82, 2.24) is 4.98 Å². The number of hydrogen-bond donors (Lipinski definition) is 0. The van der Waals surface area contributed by atoms with Gasteiger partial charge in [-0.05, 0) is 25.0 Å². The SMILES string of the molecule is CCOC(=O)[C@@H]1C[C@@H](c2ccccc2)CN1c1ncc([N+](=O)[O-])c2ccccc12. The molecule has 148 valence electrons. The number of benzene rings is 2. The topological polar surface area (TPSA) is 85.6 Å². The van der Waals surface area contributed by atoms with E-state index in [-0.39, 0.29) is 17.6 Å². The zero-order valence-corrected chi connectivity index (χ0v) is 16.0. The molecule has 0 bridgehead atoms. The van der Waals surface area contributed by atoms with Crippen molar-refractivity contribution in [2.24, 2.45) is 0 Å². The first-order valence-corrected chi connectivity index (χ1v) is 9.60. The first-order chi connectivity index (χ1) is 14.1. The van der Waals surface area contributed by atoms with E-state index in [1.54, 1.807) is 19.1 Å². The Morgan fingerprint density at radius 3 is 2.55 bits per heavy atom. The van der Waals surface area contributed by atoms with Gasteiger partial charge in [0.25, 0.3) is 5.69 Å². The minimum absolute atomic E-state index is 0.0455. The van der Waals surface area contributed by atoms with E-state index in [2.05, 4.69) is 17.1 Å². The Bertz CT molecular complexity index is 1050. The normalized spacial score (nSPS) is 18.7. The quantitative estimate of drug-likeness (QED) is 0.370. The van der Waals surface area contributed by atoms with Crippen LogP contribution in [0.3, 0.4) is 0 Å². The second kappa shape index (κ2) is 7.87. The number of rotatable bonds is 5. The third kappa shape index (κ3) is 3.51. The number of pyridine rings is 1. The van der Waals surface area contributed by atoms with Crippen molar-refractivity contribution in [2.45, 2.75) is 25.3 Å². The van der Waals surface area contributed by atoms with Gasteiger partial charge in [0, 0.05) is 17.8 Å². The smallest absolute Gasteiger partial charge is 0.328 e. The molecule has 1 aromatic heterocycles. The van der Waals surface area contributed by atoms with Gasteiger partial charge in [-0.2, -0.15) is 0 Å². The van der Waals surface area contributed by atoms with Crippen LogP contribution in [-0.4, -0.2) is 35.1 Å². The predicted molar refractivity (Wildman–Crippen MR) is 110 cm³/mol. The fourth-order valence-electron chi connectivity index (χ4n) is 4.04. The van der Waals surface area contributed by atoms with E-state index >= 15 is 0 Å². The van der Waals surface area contributed by atoms with E-state index in [9.17, 15) is 14.9 Å². The molecule has 1 aliphatic heterocycles. The molecule has 3 aromatic rings. The van der Waals surface area contributed by atoms with Crippen LogP contribution in [0.1, 0.15) is 24.8 Å². The van der Waals surface area contributed by atoms with Crippen molar-refractivity contribution >= 4 is 28.2 Å². The summed E-state index contributed by atoms with van der Waals surface area (Å²) in [6.45, 7) is 2.67. The number of anilines is 1. The number of fused-ring (bicyclic) bond motifs is 1. The maximum absolute atomic E-state index is 12.7. The first kappa shape index (κ1) is 18.9. The highest BCUT2D eigenvalue weighted by atomic mass is 16.6. The molecular weight excluding hydrogens is 370 g/mol. The molecule has 2 aromatic carbocycles. The number of ether oxygens (including phenoxy) is 1. The molecule has 0 saturated carbocycles. The maximum Gasteiger partial charge on any atom is 0.328 e. The lowest BCUT2D eigenvalue weighted by atomic mass is 9.96. The Kier molecular flexibility index (Phi) is 5.12. The molecule has 2 atom stereocenters. The average Bonchev–Trinajstić information content (AvgIpc) is 3.19. The minimum atomic E-state index is -0.488. The lowest BCUT2D eigenvalue weighted by Gasteiger charge is -2.25. The van der Waals surface area contributed by atoms with Crippen molar-refractivity contribution in [3.8, 4) is 0 Å². The summed E-state index contributed by atoms with van der Waals surface area (Å²) in [6.07, 6.45) is 1.88. The van der Waals surface area contributed by atoms with Crippen LogP contribution in [0.2, 0.25) is 0 Å². The van der Waals surface area contributed by atoms with Crippen LogP contribution in [0.5, 0.6) is 0 Å². The van der Waals surface area contributed by atoms with Gasteiger partial charge in [0.1, 0.15) is 18.1 Å². The summed E-state index contributed by atoms with van der Waals surface area (Å²) in [4.78, 5) is 30.0. The molecule has 1 fully saturated rings. The van der Waals surface area contributed by atoms with Crippen molar-refractivity contribution in [3.05, 3.63) is 76.5 Å². The highest BCUT2D eigenvalue weighted by Gasteiger charge is 2.40. The number of esters is 1. The fraction of sp³-hybridized carbons (Fsp3) is 0.273. The average molecular weight is 391 g/mol. The molecule has 0 amide bonds. The van der Waals surface area contributed by atoms with Crippen LogP contribution in [0, 0.1) is 10.1 Å². The van der Waals surface area contributed by atoms with Gasteiger partial charge < -0.3 is 9.64 Å². The molecule has 1 aliphatic rings. The van der Waals surface area contributed by atoms with E-state index in [0.717, 1.165) is 5.56 Å². The van der Waals surface area contributed by atoms with E-state index in [0.29, 0.717) is 36.2 Å². The Labute approximate surface area is 168 Å². The molecule has 0 unspecified atom stereocenters. The van der Waals surface area contributed by atoms with Crippen LogP contribution in [0.15, 0.2) is 60.8 Å². The van der Waals surface area contributed by atoms with E-state index in [1.165, 1.54) is 6.20 Å². The van der Waals surface area contributed by atoms with Gasteiger partial charge in [-0.15, -0.1) is 0 Å². The summed E-state index contributed by atoms with van der Waals surface area (Å²) < 4.78 is 5.32. The molecule has 0 radical (unpaired) electrons. The van der Waals surface area contributed by atoms with Crippen LogP contribution >= 0.6 is 0 Å². The van der Waals surface area contributed by atoms with Crippen LogP contribution in [-0.2, 0) is 9.53 Å². The molecule has 0 aliphatic carbocycles. The van der Waals surface area contributed by atoms with Gasteiger partial charge in [-0.1, -0.05) is 48.5 Å². The van der Waals surface area contributed by atoms with E-state index in [4.69, 9.17) is 4.74 Å². The monoisotopic (exact) mass is 391 g/mol. The zero-order valence-electron chi connectivity index (χ0n) is 16.0. The second-order valence-corrected chi connectivity index (χ2v) is 7.03. The highest BCUT2D eigenvalue weighted by molar-refractivity contribution is 5.99. The molecule has 1 saturated heterocycles. The molecule has 2 heterocycles. The highest BCUT2D eigenvalue weighted by Crippen LogP contribution is 2.39. The summed E-state index contributed by atoms with van der Waals surface area (Å²) in [5, 5.41) is 12.6. The van der Waals surface area contributed by atoms with Crippen LogP contribution < -0.4 is 4.90 Å². The first-order valence-electron chi connectivity index (χ1n) is 9.60. The summed E-state index contributed by atoms with van der Waals surface area (Å²) in [5.41, 5.74) is 1.10. The van der Waals surface area contributed by atoms with Crippen molar-refractivity contribution in [3.63, 3.8) is 0 Å². The van der Waals surface area contributed by atoms with Gasteiger partial charge in [0.15, 0.2) is 0 Å². The maximum atomic E-state index is 12.7. The number of aromatic nitrogens is 1. The Morgan fingerprint density at radius 1 is 1.17 bits per heavy atom. The molecule has 0 spiro atoms. The summed E-state index contributed by atoms with van der Waals surface area (Å²) in [6, 6.07) is 16.6. The number of nitrogens with zero attached hydrogens (tertiary/aromatic N) is 3. The summed E-state index contributed by atoms with van der Waals surface area (Å²) >= 11 is 0. The standard InChI is InChI=1S/C22H21N3O4/c1-2-29-22(26)19-12-16(15-8-4-3-5-9-15)14-24(19)21-18-11-7-6-10-17(18)20(13-23-21)25(27)28/h3-11,13,16,19H,2,12,14H2,1H3/t16-,19+/m1/s1. The summed E-state index contributed by atoms with van der Waals surface area (Å²) in [7, 11) is 0. The minimum Gasteiger partial charge on any atom is -0.464 e. The Hall–Kier alpha value is -3.48. The fourth-order valence-corrected chi connectivity index (χ4v) is 4.04. The lowest BCUT2D eigenvalue weighted by molar-refractivity contribution is -0.383. The molecule has 7 nitrogen and oxygen atoms in total. The lowest BCUT2D eigenvalue weighted by Crippen LogP contribution is -2.38. The Morgan fingerprint density at radius 2 is 1.86 bits per heavy atom. The van der Waals surface area contributed by atoms with Crippen molar-refractivity contribution < 1.29 is 14.5 Å². The van der Waals surface area contributed by atoms with Crippen LogP contribution in [0.25, 0.3) is 10.8 Å². The van der Waals surface area contributed by atoms with Crippen molar-refractivity contribution in [2.75, 3.05) is 18.1 Å². The van der Waals surface area contributed by atoms with Crippen LogP contribution in [0.4, 0.5) is 11.5 Å². The molecule has 29 heavy (non-hydrogen) atoms. The van der Waals surface area contributed by atoms with Gasteiger partial charge in [-0.3, -0.25) is 10.1 Å². The van der Waals surface area contributed by atoms with Gasteiger partial charge >= 0.3 is 5.97 Å². The summed E-state index contributed by atoms with van der Waals surface area (Å²) in [5.74, 6) is 0.416. The second-order valence-electron chi connectivity index (χ2n) is 7.03. The largest absolute Gasteiger partial charge is 0.464 e.